The molecule has 1 rings (SSSR count). The van der Waals surface area contributed by atoms with E-state index in [4.69, 9.17) is 0 Å². The molecule has 55 valence electrons. The summed E-state index contributed by atoms with van der Waals surface area (Å²) in [6.45, 7) is 0. The first-order valence-electron chi connectivity index (χ1n) is 2.36. The zero-order chi connectivity index (χ0) is 7.78. The molecule has 0 bridgehead atoms. The number of nitrogens with zero attached hydrogens (tertiary/aromatic N) is 3. The van der Waals surface area contributed by atoms with Gasteiger partial charge in [0.1, 0.15) is 0 Å². The summed E-state index contributed by atoms with van der Waals surface area (Å²) in [5.74, 6) is -1.16. The molecule has 0 unspecified atom stereocenters. The monoisotopic (exact) mass is 150 g/mol. The maximum atomic E-state index is 11.6. The van der Waals surface area contributed by atoms with Gasteiger partial charge in [-0.05, 0) is 0 Å². The largest absolute Gasteiger partial charge is 0.453 e. The fourth-order valence-electron chi connectivity index (χ4n) is 0.427. The van der Waals surface area contributed by atoms with Crippen LogP contribution in [0.15, 0.2) is 0 Å². The van der Waals surface area contributed by atoms with Crippen molar-refractivity contribution in [2.24, 2.45) is 7.05 Å². The van der Waals surface area contributed by atoms with Gasteiger partial charge in [0.2, 0.25) is 0 Å². The predicted octanol–water partition coefficient (Wildman–Crippen LogP) is 0.634. The summed E-state index contributed by atoms with van der Waals surface area (Å²) in [5.41, 5.74) is 0. The summed E-state index contributed by atoms with van der Waals surface area (Å²) in [5, 5.41) is 3.01. The molecule has 6 heteroatoms. The Morgan fingerprint density at radius 3 is 2.30 bits per heavy atom. The van der Waals surface area contributed by atoms with Crippen LogP contribution in [-0.2, 0) is 13.2 Å². The number of aryl methyl sites for hydroxylation is 1. The fraction of sp³-hybridized carbons (Fsp3) is 0.500. The molecule has 0 atom stereocenters. The van der Waals surface area contributed by atoms with E-state index in [2.05, 4.69) is 10.1 Å². The molecule has 0 N–H and O–H groups in total. The molecule has 10 heavy (non-hydrogen) atoms. The van der Waals surface area contributed by atoms with Crippen molar-refractivity contribution in [3.05, 3.63) is 12.2 Å². The predicted molar refractivity (Wildman–Crippen MR) is 24.8 cm³/mol. The zero-order valence-corrected chi connectivity index (χ0v) is 4.98. The summed E-state index contributed by atoms with van der Waals surface area (Å²) in [7, 11) is 1.32. The Morgan fingerprint density at radius 2 is 2.10 bits per heavy atom. The first kappa shape index (κ1) is 7.04. The number of rotatable bonds is 0. The van der Waals surface area contributed by atoms with Crippen molar-refractivity contribution in [1.82, 2.24) is 14.8 Å². The molecule has 0 spiro atoms. The highest BCUT2D eigenvalue weighted by molar-refractivity contribution is 4.85. The molecule has 0 aliphatic heterocycles. The van der Waals surface area contributed by atoms with Crippen molar-refractivity contribution < 1.29 is 13.2 Å². The van der Waals surface area contributed by atoms with Crippen molar-refractivity contribution in [1.29, 1.82) is 0 Å². The Morgan fingerprint density at radius 1 is 1.50 bits per heavy atom. The maximum Gasteiger partial charge on any atom is 0.453 e. The second-order valence-corrected chi connectivity index (χ2v) is 1.66. The minimum absolute atomic E-state index is 0.878. The standard InChI is InChI=1S/C4H3F3N3/c1-10-2-8-3(9-10)4(5,6)7/h1H3. The van der Waals surface area contributed by atoms with Crippen LogP contribution in [0.4, 0.5) is 13.2 Å². The molecule has 0 aliphatic rings. The van der Waals surface area contributed by atoms with Gasteiger partial charge in [-0.3, -0.25) is 0 Å². The van der Waals surface area contributed by atoms with Gasteiger partial charge in [0.05, 0.1) is 0 Å². The SMILES string of the molecule is Cn1[c]nc(C(F)(F)F)n1. The minimum Gasteiger partial charge on any atom is -0.246 e. The summed E-state index contributed by atoms with van der Waals surface area (Å²) >= 11 is 0. The molecule has 1 heterocycles. The highest BCUT2D eigenvalue weighted by atomic mass is 19.4. The second kappa shape index (κ2) is 1.96. The van der Waals surface area contributed by atoms with Crippen LogP contribution in [0.1, 0.15) is 5.82 Å². The normalized spacial score (nSPS) is 12.0. The van der Waals surface area contributed by atoms with Crippen molar-refractivity contribution >= 4 is 0 Å². The van der Waals surface area contributed by atoms with Crippen LogP contribution >= 0.6 is 0 Å². The van der Waals surface area contributed by atoms with Crippen LogP contribution in [0.3, 0.4) is 0 Å². The molecule has 0 saturated carbocycles. The first-order valence-corrected chi connectivity index (χ1v) is 2.36. The van der Waals surface area contributed by atoms with Crippen molar-refractivity contribution in [2.45, 2.75) is 6.18 Å². The lowest BCUT2D eigenvalue weighted by molar-refractivity contribution is -0.144. The summed E-state index contributed by atoms with van der Waals surface area (Å²) < 4.78 is 35.8. The Hall–Kier alpha value is -1.07. The Labute approximate surface area is 54.5 Å². The van der Waals surface area contributed by atoms with Gasteiger partial charge < -0.3 is 0 Å². The van der Waals surface area contributed by atoms with E-state index in [9.17, 15) is 13.2 Å². The zero-order valence-electron chi connectivity index (χ0n) is 4.98. The van der Waals surface area contributed by atoms with Crippen molar-refractivity contribution in [3.63, 3.8) is 0 Å². The highest BCUT2D eigenvalue weighted by Gasteiger charge is 2.35. The molecule has 1 aromatic heterocycles. The van der Waals surface area contributed by atoms with E-state index < -0.39 is 12.0 Å². The van der Waals surface area contributed by atoms with Gasteiger partial charge >= 0.3 is 6.18 Å². The lowest BCUT2D eigenvalue weighted by Crippen LogP contribution is -2.08. The Balaban J connectivity index is 2.96. The number of aromatic nitrogens is 3. The van der Waals surface area contributed by atoms with Gasteiger partial charge in [-0.1, -0.05) is 0 Å². The van der Waals surface area contributed by atoms with Gasteiger partial charge in [0.15, 0.2) is 6.33 Å². The molecule has 1 aromatic rings. The van der Waals surface area contributed by atoms with Crippen LogP contribution in [0, 0.1) is 6.33 Å². The molecule has 0 aliphatic carbocycles. The fourth-order valence-corrected chi connectivity index (χ4v) is 0.427. The van der Waals surface area contributed by atoms with E-state index >= 15 is 0 Å². The third-order valence-electron chi connectivity index (χ3n) is 0.799. The number of hydrogen-bond acceptors (Lipinski definition) is 2. The van der Waals surface area contributed by atoms with Crippen LogP contribution in [0.5, 0.6) is 0 Å². The second-order valence-electron chi connectivity index (χ2n) is 1.66. The van der Waals surface area contributed by atoms with Crippen molar-refractivity contribution in [2.75, 3.05) is 0 Å². The molecule has 0 fully saturated rings. The van der Waals surface area contributed by atoms with Gasteiger partial charge in [-0.2, -0.15) is 18.2 Å². The summed E-state index contributed by atoms with van der Waals surface area (Å²) in [6, 6.07) is 0. The molecule has 0 saturated heterocycles. The molecule has 0 aromatic carbocycles. The molecule has 0 amide bonds. The average Bonchev–Trinajstić information content (AvgIpc) is 2.11. The topological polar surface area (TPSA) is 30.7 Å². The molecular weight excluding hydrogens is 147 g/mol. The van der Waals surface area contributed by atoms with Gasteiger partial charge in [-0.15, -0.1) is 5.10 Å². The minimum atomic E-state index is -4.46. The highest BCUT2D eigenvalue weighted by Crippen LogP contribution is 2.24. The quantitative estimate of drug-likeness (QED) is 0.543. The van der Waals surface area contributed by atoms with Gasteiger partial charge in [0, 0.05) is 7.05 Å². The maximum absolute atomic E-state index is 11.6. The van der Waals surface area contributed by atoms with Crippen LogP contribution < -0.4 is 0 Å². The van der Waals surface area contributed by atoms with E-state index in [1.54, 1.807) is 0 Å². The average molecular weight is 150 g/mol. The lowest BCUT2D eigenvalue weighted by Gasteiger charge is -1.97. The third kappa shape index (κ3) is 1.26. The van der Waals surface area contributed by atoms with E-state index in [-0.39, 0.29) is 0 Å². The van der Waals surface area contributed by atoms with Crippen LogP contribution in [0.2, 0.25) is 0 Å². The Bertz CT molecular complexity index is 226. The first-order chi connectivity index (χ1) is 4.50. The van der Waals surface area contributed by atoms with E-state index in [1.165, 1.54) is 7.05 Å². The van der Waals surface area contributed by atoms with Crippen LogP contribution in [-0.4, -0.2) is 14.8 Å². The molecule has 3 nitrogen and oxygen atoms in total. The lowest BCUT2D eigenvalue weighted by atomic mass is 10.6. The number of hydrogen-bond donors (Lipinski definition) is 0. The molecular formula is C4H3F3N3. The molecule has 1 radical (unpaired) electrons. The summed E-state index contributed by atoms with van der Waals surface area (Å²) in [6.07, 6.45) is -2.45. The van der Waals surface area contributed by atoms with Gasteiger partial charge in [-0.25, -0.2) is 4.68 Å². The van der Waals surface area contributed by atoms with Crippen molar-refractivity contribution in [3.8, 4) is 0 Å². The van der Waals surface area contributed by atoms with E-state index in [0.717, 1.165) is 4.68 Å². The van der Waals surface area contributed by atoms with Crippen LogP contribution in [0.25, 0.3) is 0 Å². The third-order valence-corrected chi connectivity index (χ3v) is 0.799. The summed E-state index contributed by atoms with van der Waals surface area (Å²) in [4.78, 5) is 2.89. The number of alkyl halides is 3. The smallest absolute Gasteiger partial charge is 0.246 e. The van der Waals surface area contributed by atoms with E-state index in [0.29, 0.717) is 0 Å². The van der Waals surface area contributed by atoms with E-state index in [1.807, 2.05) is 6.33 Å². The Kier molecular flexibility index (Phi) is 1.38. The van der Waals surface area contributed by atoms with Gasteiger partial charge in [0.25, 0.3) is 5.82 Å². The number of halogens is 3.